The smallest absolute Gasteiger partial charge is 0.205 e. The van der Waals surface area contributed by atoms with E-state index in [2.05, 4.69) is 46.7 Å². The zero-order valence-electron chi connectivity index (χ0n) is 16.8. The summed E-state index contributed by atoms with van der Waals surface area (Å²) < 4.78 is 0. The van der Waals surface area contributed by atoms with Gasteiger partial charge in [0.25, 0.3) is 0 Å². The highest BCUT2D eigenvalue weighted by atomic mass is 15.6. The van der Waals surface area contributed by atoms with E-state index in [-0.39, 0.29) is 0 Å². The summed E-state index contributed by atoms with van der Waals surface area (Å²) in [6.07, 6.45) is 0. The Morgan fingerprint density at radius 3 is 1.61 bits per heavy atom. The number of nitrogens with zero attached hydrogens (tertiary/aromatic N) is 4. The third-order valence-corrected chi connectivity index (χ3v) is 5.43. The van der Waals surface area contributed by atoms with Gasteiger partial charge in [-0.2, -0.15) is 0 Å². The number of hydrogen-bond donors (Lipinski definition) is 1. The van der Waals surface area contributed by atoms with E-state index in [1.54, 1.807) is 4.80 Å². The number of rotatable bonds is 5. The first-order valence-electron chi connectivity index (χ1n) is 10.1. The van der Waals surface area contributed by atoms with Crippen LogP contribution in [0.1, 0.15) is 16.7 Å². The summed E-state index contributed by atoms with van der Waals surface area (Å²) >= 11 is 0. The second kappa shape index (κ2) is 7.88. The zero-order chi connectivity index (χ0) is 21.1. The first kappa shape index (κ1) is 18.8. The second-order valence-electron chi connectivity index (χ2n) is 7.34. The third-order valence-electron chi connectivity index (χ3n) is 5.43. The van der Waals surface area contributed by atoms with E-state index >= 15 is 0 Å². The molecule has 4 aromatic carbocycles. The van der Waals surface area contributed by atoms with Crippen molar-refractivity contribution in [1.29, 1.82) is 0 Å². The van der Waals surface area contributed by atoms with Crippen LogP contribution < -0.4 is 5.73 Å². The summed E-state index contributed by atoms with van der Waals surface area (Å²) in [4.78, 5) is 1.71. The fourth-order valence-corrected chi connectivity index (χ4v) is 4.03. The monoisotopic (exact) mass is 403 g/mol. The number of nitrogen functional groups attached to an aromatic ring is 1. The van der Waals surface area contributed by atoms with Gasteiger partial charge in [-0.15, -0.1) is 15.0 Å². The van der Waals surface area contributed by atoms with Gasteiger partial charge in [0.15, 0.2) is 5.54 Å². The molecule has 0 unspecified atom stereocenters. The lowest BCUT2D eigenvalue weighted by molar-refractivity contribution is 0.396. The van der Waals surface area contributed by atoms with E-state index in [9.17, 15) is 0 Å². The van der Waals surface area contributed by atoms with Gasteiger partial charge in [0.2, 0.25) is 5.82 Å². The van der Waals surface area contributed by atoms with Crippen molar-refractivity contribution in [1.82, 2.24) is 20.2 Å². The molecule has 0 aliphatic heterocycles. The van der Waals surface area contributed by atoms with Crippen LogP contribution in [0.3, 0.4) is 0 Å². The Morgan fingerprint density at radius 2 is 1.13 bits per heavy atom. The molecule has 0 amide bonds. The molecular formula is C26H21N5. The largest absolute Gasteiger partial charge is 0.399 e. The molecule has 1 heterocycles. The number of tetrazole rings is 1. The molecule has 150 valence electrons. The van der Waals surface area contributed by atoms with Crippen molar-refractivity contribution in [2.24, 2.45) is 0 Å². The predicted molar refractivity (Wildman–Crippen MR) is 122 cm³/mol. The van der Waals surface area contributed by atoms with Crippen molar-refractivity contribution < 1.29 is 0 Å². The SMILES string of the molecule is Nc1cccc(-c2nnn(C(c3ccccc3)(c3ccccc3)c3ccccc3)n2)c1. The molecular weight excluding hydrogens is 382 g/mol. The zero-order valence-corrected chi connectivity index (χ0v) is 16.8. The van der Waals surface area contributed by atoms with Crippen LogP contribution in [0.2, 0.25) is 0 Å². The fraction of sp³-hybridized carbons (Fsp3) is 0.0385. The highest BCUT2D eigenvalue weighted by Crippen LogP contribution is 2.39. The van der Waals surface area contributed by atoms with Crippen molar-refractivity contribution in [3.8, 4) is 11.4 Å². The maximum atomic E-state index is 5.98. The first-order chi connectivity index (χ1) is 15.3. The topological polar surface area (TPSA) is 69.6 Å². The Morgan fingerprint density at radius 1 is 0.613 bits per heavy atom. The van der Waals surface area contributed by atoms with Gasteiger partial charge in [-0.05, 0) is 34.0 Å². The number of anilines is 1. The highest BCUT2D eigenvalue weighted by molar-refractivity contribution is 5.60. The Labute approximate surface area is 180 Å². The molecule has 0 fully saturated rings. The van der Waals surface area contributed by atoms with Gasteiger partial charge < -0.3 is 5.73 Å². The number of nitrogens with two attached hydrogens (primary N) is 1. The average Bonchev–Trinajstić information content (AvgIpc) is 3.32. The van der Waals surface area contributed by atoms with Gasteiger partial charge in [-0.3, -0.25) is 0 Å². The Balaban J connectivity index is 1.81. The number of benzene rings is 4. The minimum atomic E-state index is -0.782. The van der Waals surface area contributed by atoms with Crippen molar-refractivity contribution in [3.05, 3.63) is 132 Å². The van der Waals surface area contributed by atoms with Crippen molar-refractivity contribution in [3.63, 3.8) is 0 Å². The number of hydrogen-bond acceptors (Lipinski definition) is 4. The standard InChI is InChI=1S/C26H21N5/c27-24-18-10-11-20(19-24)25-28-30-31(29-25)26(21-12-4-1-5-13-21,22-14-6-2-7-15-22)23-16-8-3-9-17-23/h1-19H,27H2. The van der Waals surface area contributed by atoms with Gasteiger partial charge in [-0.25, -0.2) is 0 Å². The molecule has 5 nitrogen and oxygen atoms in total. The van der Waals surface area contributed by atoms with Crippen molar-refractivity contribution in [2.45, 2.75) is 5.54 Å². The first-order valence-corrected chi connectivity index (χ1v) is 10.1. The highest BCUT2D eigenvalue weighted by Gasteiger charge is 2.41. The molecule has 0 aliphatic carbocycles. The summed E-state index contributed by atoms with van der Waals surface area (Å²) in [6, 6.07) is 38.4. The van der Waals surface area contributed by atoms with Crippen LogP contribution in [-0.4, -0.2) is 20.2 Å². The molecule has 5 rings (SSSR count). The van der Waals surface area contributed by atoms with Crippen LogP contribution in [-0.2, 0) is 5.54 Å². The summed E-state index contributed by atoms with van der Waals surface area (Å²) in [5.74, 6) is 0.527. The fourth-order valence-electron chi connectivity index (χ4n) is 4.03. The van der Waals surface area contributed by atoms with Gasteiger partial charge in [0.1, 0.15) is 0 Å². The van der Waals surface area contributed by atoms with E-state index < -0.39 is 5.54 Å². The summed E-state index contributed by atoms with van der Waals surface area (Å²) in [5, 5.41) is 13.8. The molecule has 0 atom stereocenters. The van der Waals surface area contributed by atoms with E-state index in [1.165, 1.54) is 0 Å². The summed E-state index contributed by atoms with van der Waals surface area (Å²) in [7, 11) is 0. The molecule has 5 heteroatoms. The third kappa shape index (κ3) is 3.26. The van der Waals surface area contributed by atoms with Crippen molar-refractivity contribution >= 4 is 5.69 Å². The van der Waals surface area contributed by atoms with Gasteiger partial charge in [-0.1, -0.05) is 103 Å². The summed E-state index contributed by atoms with van der Waals surface area (Å²) in [5.41, 5.74) is 9.82. The van der Waals surface area contributed by atoms with Crippen LogP contribution in [0.15, 0.2) is 115 Å². The van der Waals surface area contributed by atoms with Crippen LogP contribution >= 0.6 is 0 Å². The molecule has 0 saturated heterocycles. The lowest BCUT2D eigenvalue weighted by Gasteiger charge is -2.34. The molecule has 2 N–H and O–H groups in total. The Kier molecular flexibility index (Phi) is 4.77. The van der Waals surface area contributed by atoms with E-state index in [0.29, 0.717) is 11.5 Å². The molecule has 0 saturated carbocycles. The maximum absolute atomic E-state index is 5.98. The minimum absolute atomic E-state index is 0.527. The molecule has 0 radical (unpaired) electrons. The van der Waals surface area contributed by atoms with E-state index in [1.807, 2.05) is 78.9 Å². The Hall–Kier alpha value is -4.25. The molecule has 5 aromatic rings. The lowest BCUT2D eigenvalue weighted by Crippen LogP contribution is -2.39. The van der Waals surface area contributed by atoms with Gasteiger partial charge in [0, 0.05) is 11.3 Å². The maximum Gasteiger partial charge on any atom is 0.205 e. The van der Waals surface area contributed by atoms with Crippen molar-refractivity contribution in [2.75, 3.05) is 5.73 Å². The van der Waals surface area contributed by atoms with Gasteiger partial charge in [0.05, 0.1) is 0 Å². The normalized spacial score (nSPS) is 11.4. The molecule has 0 aliphatic rings. The molecule has 31 heavy (non-hydrogen) atoms. The van der Waals surface area contributed by atoms with Gasteiger partial charge >= 0.3 is 0 Å². The minimum Gasteiger partial charge on any atom is -0.399 e. The molecule has 0 spiro atoms. The molecule has 1 aromatic heterocycles. The van der Waals surface area contributed by atoms with Crippen LogP contribution in [0.4, 0.5) is 5.69 Å². The second-order valence-corrected chi connectivity index (χ2v) is 7.34. The number of aromatic nitrogens is 4. The van der Waals surface area contributed by atoms with Crippen LogP contribution in [0, 0.1) is 0 Å². The predicted octanol–water partition coefficient (Wildman–Crippen LogP) is 4.76. The summed E-state index contributed by atoms with van der Waals surface area (Å²) in [6.45, 7) is 0. The van der Waals surface area contributed by atoms with E-state index in [0.717, 1.165) is 22.3 Å². The average molecular weight is 403 g/mol. The lowest BCUT2D eigenvalue weighted by atomic mass is 9.77. The van der Waals surface area contributed by atoms with Crippen LogP contribution in [0.25, 0.3) is 11.4 Å². The quantitative estimate of drug-likeness (QED) is 0.339. The van der Waals surface area contributed by atoms with Crippen LogP contribution in [0.5, 0.6) is 0 Å². The molecule has 0 bridgehead atoms. The van der Waals surface area contributed by atoms with E-state index in [4.69, 9.17) is 10.8 Å². The Bertz CT molecular complexity index is 1180.